The lowest BCUT2D eigenvalue weighted by Crippen LogP contribution is -3.00. The maximum atomic E-state index is 12.1. The van der Waals surface area contributed by atoms with Gasteiger partial charge in [-0.1, -0.05) is 6.07 Å². The summed E-state index contributed by atoms with van der Waals surface area (Å²) in [5.74, 6) is 0.352. The standard InChI is InChI=1S/C16H25N2O.BrH/c1-15-9-3-8-14-18(15)16(19)10-4-7-13-17-11-5-2-6-12-17;/h2,5-6,11-12,15H,3-4,7-10,13-14H2,1H3;1H/q+1;/p-1. The third kappa shape index (κ3) is 5.23. The highest BCUT2D eigenvalue weighted by atomic mass is 79.9. The largest absolute Gasteiger partial charge is 1.00 e. The van der Waals surface area contributed by atoms with Crippen LogP contribution < -0.4 is 21.5 Å². The lowest BCUT2D eigenvalue weighted by molar-refractivity contribution is -0.697. The van der Waals surface area contributed by atoms with E-state index in [0.717, 1.165) is 25.9 Å². The van der Waals surface area contributed by atoms with Crippen molar-refractivity contribution >= 4 is 5.91 Å². The Morgan fingerprint density at radius 3 is 2.65 bits per heavy atom. The van der Waals surface area contributed by atoms with Gasteiger partial charge in [-0.2, -0.15) is 0 Å². The number of aryl methyl sites for hydroxylation is 1. The van der Waals surface area contributed by atoms with Gasteiger partial charge < -0.3 is 21.9 Å². The lowest BCUT2D eigenvalue weighted by atomic mass is 10.0. The van der Waals surface area contributed by atoms with Crippen molar-refractivity contribution in [3.8, 4) is 0 Å². The van der Waals surface area contributed by atoms with Gasteiger partial charge in [0.2, 0.25) is 5.91 Å². The molecule has 1 aromatic heterocycles. The number of piperidine rings is 1. The molecule has 1 unspecified atom stereocenters. The van der Waals surface area contributed by atoms with Gasteiger partial charge in [-0.3, -0.25) is 4.79 Å². The van der Waals surface area contributed by atoms with Crippen LogP contribution >= 0.6 is 0 Å². The summed E-state index contributed by atoms with van der Waals surface area (Å²) in [6.07, 6.45) is 10.5. The average molecular weight is 341 g/mol. The van der Waals surface area contributed by atoms with E-state index >= 15 is 0 Å². The van der Waals surface area contributed by atoms with Crippen LogP contribution in [0.25, 0.3) is 0 Å². The third-order valence-electron chi connectivity index (χ3n) is 3.96. The maximum absolute atomic E-state index is 12.1. The molecule has 0 aromatic carbocycles. The third-order valence-corrected chi connectivity index (χ3v) is 3.96. The molecular weight excluding hydrogens is 316 g/mol. The molecular formula is C16H25BrN2O. The first-order valence-electron chi connectivity index (χ1n) is 7.51. The molecule has 0 aliphatic carbocycles. The molecule has 0 spiro atoms. The Hall–Kier alpha value is -0.900. The predicted octanol–water partition coefficient (Wildman–Crippen LogP) is -0.451. The molecule has 0 radical (unpaired) electrons. The highest BCUT2D eigenvalue weighted by molar-refractivity contribution is 5.76. The first-order chi connectivity index (χ1) is 9.27. The summed E-state index contributed by atoms with van der Waals surface area (Å²) in [7, 11) is 0. The van der Waals surface area contributed by atoms with Crippen LogP contribution in [0.15, 0.2) is 30.6 Å². The van der Waals surface area contributed by atoms with E-state index in [-0.39, 0.29) is 17.0 Å². The summed E-state index contributed by atoms with van der Waals surface area (Å²) >= 11 is 0. The van der Waals surface area contributed by atoms with Crippen molar-refractivity contribution in [2.24, 2.45) is 0 Å². The molecule has 1 aliphatic heterocycles. The summed E-state index contributed by atoms with van der Waals surface area (Å²) < 4.78 is 2.17. The number of carbonyl (C=O) groups is 1. The molecule has 20 heavy (non-hydrogen) atoms. The van der Waals surface area contributed by atoms with E-state index in [1.54, 1.807) is 0 Å². The van der Waals surface area contributed by atoms with Gasteiger partial charge in [0, 0.05) is 37.6 Å². The summed E-state index contributed by atoms with van der Waals surface area (Å²) in [5, 5.41) is 0. The van der Waals surface area contributed by atoms with Gasteiger partial charge in [0.05, 0.1) is 0 Å². The second-order valence-corrected chi connectivity index (χ2v) is 5.50. The minimum Gasteiger partial charge on any atom is -1.00 e. The molecule has 1 amide bonds. The molecule has 0 bridgehead atoms. The van der Waals surface area contributed by atoms with E-state index in [2.05, 4.69) is 28.8 Å². The first-order valence-corrected chi connectivity index (χ1v) is 7.51. The van der Waals surface area contributed by atoms with E-state index < -0.39 is 0 Å². The Labute approximate surface area is 132 Å². The van der Waals surface area contributed by atoms with Gasteiger partial charge in [0.15, 0.2) is 12.4 Å². The van der Waals surface area contributed by atoms with Gasteiger partial charge >= 0.3 is 0 Å². The predicted molar refractivity (Wildman–Crippen MR) is 75.5 cm³/mol. The number of hydrogen-bond acceptors (Lipinski definition) is 1. The highest BCUT2D eigenvalue weighted by Gasteiger charge is 2.22. The zero-order valence-corrected chi connectivity index (χ0v) is 13.9. The van der Waals surface area contributed by atoms with Crippen molar-refractivity contribution in [3.05, 3.63) is 30.6 Å². The maximum Gasteiger partial charge on any atom is 0.222 e. The minimum atomic E-state index is 0. The number of likely N-dealkylation sites (tertiary alicyclic amines) is 1. The molecule has 1 fully saturated rings. The molecule has 0 N–H and O–H groups in total. The van der Waals surface area contributed by atoms with E-state index in [1.165, 1.54) is 19.3 Å². The Bertz CT molecular complexity index is 397. The van der Waals surface area contributed by atoms with Gasteiger partial charge in [0.25, 0.3) is 0 Å². The number of carbonyl (C=O) groups excluding carboxylic acids is 1. The summed E-state index contributed by atoms with van der Waals surface area (Å²) in [6, 6.07) is 6.56. The molecule has 1 saturated heterocycles. The second kappa shape index (κ2) is 9.11. The smallest absolute Gasteiger partial charge is 0.222 e. The van der Waals surface area contributed by atoms with Gasteiger partial charge in [-0.25, -0.2) is 4.57 Å². The zero-order valence-electron chi connectivity index (χ0n) is 12.3. The number of amides is 1. The number of rotatable bonds is 5. The quantitative estimate of drug-likeness (QED) is 0.526. The van der Waals surface area contributed by atoms with Gasteiger partial charge in [-0.05, 0) is 32.6 Å². The van der Waals surface area contributed by atoms with E-state index in [0.29, 0.717) is 18.4 Å². The average Bonchev–Trinajstić information content (AvgIpc) is 2.45. The van der Waals surface area contributed by atoms with E-state index in [4.69, 9.17) is 0 Å². The van der Waals surface area contributed by atoms with Crippen LogP contribution in [0.3, 0.4) is 0 Å². The van der Waals surface area contributed by atoms with Crippen LogP contribution in [0, 0.1) is 0 Å². The lowest BCUT2D eigenvalue weighted by Gasteiger charge is -2.33. The summed E-state index contributed by atoms with van der Waals surface area (Å²) in [5.41, 5.74) is 0. The second-order valence-electron chi connectivity index (χ2n) is 5.50. The Kier molecular flexibility index (Phi) is 7.82. The Balaban J connectivity index is 0.00000200. The Morgan fingerprint density at radius 1 is 1.20 bits per heavy atom. The number of aromatic nitrogens is 1. The van der Waals surface area contributed by atoms with Crippen LogP contribution in [0.2, 0.25) is 0 Å². The number of halogens is 1. The zero-order chi connectivity index (χ0) is 13.5. The van der Waals surface area contributed by atoms with Crippen LogP contribution in [-0.2, 0) is 11.3 Å². The van der Waals surface area contributed by atoms with Crippen LogP contribution in [0.4, 0.5) is 0 Å². The molecule has 112 valence electrons. The fourth-order valence-electron chi connectivity index (χ4n) is 2.77. The van der Waals surface area contributed by atoms with E-state index in [1.807, 2.05) is 18.2 Å². The topological polar surface area (TPSA) is 24.2 Å². The van der Waals surface area contributed by atoms with Crippen LogP contribution in [0.5, 0.6) is 0 Å². The van der Waals surface area contributed by atoms with Crippen molar-refractivity contribution in [1.29, 1.82) is 0 Å². The minimum absolute atomic E-state index is 0. The highest BCUT2D eigenvalue weighted by Crippen LogP contribution is 2.17. The molecule has 0 saturated carbocycles. The SMILES string of the molecule is CC1CCCCN1C(=O)CCCC[n+]1ccccc1.[Br-]. The molecule has 1 atom stereocenters. The van der Waals surface area contributed by atoms with Crippen molar-refractivity contribution in [2.75, 3.05) is 6.54 Å². The number of hydrogen-bond donors (Lipinski definition) is 0. The van der Waals surface area contributed by atoms with Crippen molar-refractivity contribution < 1.29 is 26.3 Å². The fraction of sp³-hybridized carbons (Fsp3) is 0.625. The normalized spacial score (nSPS) is 18.4. The summed E-state index contributed by atoms with van der Waals surface area (Å²) in [4.78, 5) is 14.2. The van der Waals surface area contributed by atoms with Gasteiger partial charge in [0.1, 0.15) is 6.54 Å². The van der Waals surface area contributed by atoms with Crippen LogP contribution in [-0.4, -0.2) is 23.4 Å². The van der Waals surface area contributed by atoms with E-state index in [9.17, 15) is 4.79 Å². The van der Waals surface area contributed by atoms with Crippen molar-refractivity contribution in [1.82, 2.24) is 4.90 Å². The monoisotopic (exact) mass is 340 g/mol. The van der Waals surface area contributed by atoms with Crippen LogP contribution in [0.1, 0.15) is 45.4 Å². The molecule has 1 aliphatic rings. The fourth-order valence-corrected chi connectivity index (χ4v) is 2.77. The number of unbranched alkanes of at least 4 members (excludes halogenated alkanes) is 1. The first kappa shape index (κ1) is 17.2. The van der Waals surface area contributed by atoms with Crippen molar-refractivity contribution in [3.63, 3.8) is 0 Å². The Morgan fingerprint density at radius 2 is 1.95 bits per heavy atom. The molecule has 2 rings (SSSR count). The molecule has 4 heteroatoms. The van der Waals surface area contributed by atoms with Crippen molar-refractivity contribution in [2.45, 2.75) is 58.0 Å². The molecule has 3 nitrogen and oxygen atoms in total. The number of pyridine rings is 1. The van der Waals surface area contributed by atoms with Gasteiger partial charge in [-0.15, -0.1) is 0 Å². The summed E-state index contributed by atoms with van der Waals surface area (Å²) in [6.45, 7) is 4.15. The molecule has 1 aromatic rings. The molecule has 2 heterocycles. The number of nitrogens with zero attached hydrogens (tertiary/aromatic N) is 2.